The van der Waals surface area contributed by atoms with Crippen LogP contribution in [0.1, 0.15) is 18.7 Å². The first-order valence-electron chi connectivity index (χ1n) is 9.07. The van der Waals surface area contributed by atoms with Gasteiger partial charge in [-0.2, -0.15) is 0 Å². The number of nitrogens with zero attached hydrogens (tertiary/aromatic N) is 2. The molecule has 3 rings (SSSR count). The van der Waals surface area contributed by atoms with Crippen molar-refractivity contribution in [3.8, 4) is 11.3 Å². The van der Waals surface area contributed by atoms with Gasteiger partial charge in [0.05, 0.1) is 24.3 Å². The molecular weight excluding hydrogens is 404 g/mol. The number of benzene rings is 1. The van der Waals surface area contributed by atoms with Crippen LogP contribution < -0.4 is 0 Å². The Morgan fingerprint density at radius 2 is 2.11 bits per heavy atom. The molecule has 0 aliphatic carbocycles. The summed E-state index contributed by atoms with van der Waals surface area (Å²) in [7, 11) is -1.52. The Balaban J connectivity index is 1.62. The molecule has 1 atom stereocenters. The maximum Gasteiger partial charge on any atom is 0.223 e. The number of halogens is 1. The number of ether oxygens (including phenoxy) is 1. The van der Waals surface area contributed by atoms with E-state index in [2.05, 4.69) is 4.98 Å². The summed E-state index contributed by atoms with van der Waals surface area (Å²) < 4.78 is 34.4. The third kappa shape index (κ3) is 5.33. The number of methoxy groups -OCH3 is 1. The van der Waals surface area contributed by atoms with E-state index in [-0.39, 0.29) is 29.9 Å². The number of hydrogen-bond donors (Lipinski definition) is 0. The normalized spacial score (nSPS) is 18.3. The standard InChI is InChI=1S/C19H23ClN2O5S/c1-26-10-9-22(16-8-11-28(24,25)13-16)19(23)7-6-18-21-12-17(27-18)14-2-4-15(20)5-3-14/h2-5,12,16H,6-11,13H2,1H3. The fourth-order valence-corrected chi connectivity index (χ4v) is 5.11. The number of aromatic nitrogens is 1. The summed E-state index contributed by atoms with van der Waals surface area (Å²) in [4.78, 5) is 18.6. The Labute approximate surface area is 169 Å². The first-order valence-corrected chi connectivity index (χ1v) is 11.3. The average molecular weight is 427 g/mol. The van der Waals surface area contributed by atoms with Crippen LogP contribution in [0.5, 0.6) is 0 Å². The van der Waals surface area contributed by atoms with Crippen LogP contribution >= 0.6 is 11.6 Å². The van der Waals surface area contributed by atoms with Crippen molar-refractivity contribution in [1.29, 1.82) is 0 Å². The van der Waals surface area contributed by atoms with Gasteiger partial charge in [-0.05, 0) is 30.7 Å². The molecule has 1 aromatic carbocycles. The zero-order valence-corrected chi connectivity index (χ0v) is 17.2. The second-order valence-corrected chi connectivity index (χ2v) is 9.43. The Morgan fingerprint density at radius 3 is 2.75 bits per heavy atom. The van der Waals surface area contributed by atoms with E-state index in [1.165, 1.54) is 0 Å². The molecule has 28 heavy (non-hydrogen) atoms. The van der Waals surface area contributed by atoms with Crippen LogP contribution in [0.3, 0.4) is 0 Å². The molecule has 1 aromatic heterocycles. The highest BCUT2D eigenvalue weighted by molar-refractivity contribution is 7.91. The van der Waals surface area contributed by atoms with Crippen molar-refractivity contribution < 1.29 is 22.4 Å². The van der Waals surface area contributed by atoms with Crippen LogP contribution in [0.15, 0.2) is 34.9 Å². The molecule has 0 radical (unpaired) electrons. The van der Waals surface area contributed by atoms with Crippen molar-refractivity contribution in [1.82, 2.24) is 9.88 Å². The quantitative estimate of drug-likeness (QED) is 0.644. The monoisotopic (exact) mass is 426 g/mol. The number of aryl methyl sites for hydroxylation is 1. The SMILES string of the molecule is COCCN(C(=O)CCc1ncc(-c2ccc(Cl)cc2)o1)C1CCS(=O)(=O)C1. The lowest BCUT2D eigenvalue weighted by Crippen LogP contribution is -2.43. The van der Waals surface area contributed by atoms with Gasteiger partial charge >= 0.3 is 0 Å². The number of amides is 1. The molecule has 1 fully saturated rings. The third-order valence-corrected chi connectivity index (χ3v) is 6.74. The van der Waals surface area contributed by atoms with Gasteiger partial charge in [-0.25, -0.2) is 13.4 Å². The van der Waals surface area contributed by atoms with Crippen molar-refractivity contribution in [2.75, 3.05) is 31.8 Å². The van der Waals surface area contributed by atoms with Crippen molar-refractivity contribution in [2.45, 2.75) is 25.3 Å². The van der Waals surface area contributed by atoms with Crippen molar-refractivity contribution >= 4 is 27.3 Å². The number of carbonyl (C=O) groups excluding carboxylic acids is 1. The van der Waals surface area contributed by atoms with Gasteiger partial charge in [-0.15, -0.1) is 0 Å². The van der Waals surface area contributed by atoms with E-state index in [9.17, 15) is 13.2 Å². The van der Waals surface area contributed by atoms with E-state index in [4.69, 9.17) is 20.8 Å². The number of hydrogen-bond acceptors (Lipinski definition) is 6. The Hall–Kier alpha value is -1.90. The average Bonchev–Trinajstić information content (AvgIpc) is 3.27. The van der Waals surface area contributed by atoms with Gasteiger partial charge in [0.25, 0.3) is 0 Å². The fraction of sp³-hybridized carbons (Fsp3) is 0.474. The lowest BCUT2D eigenvalue weighted by Gasteiger charge is -2.28. The minimum Gasteiger partial charge on any atom is -0.441 e. The molecule has 0 bridgehead atoms. The van der Waals surface area contributed by atoms with Crippen molar-refractivity contribution in [2.24, 2.45) is 0 Å². The molecule has 7 nitrogen and oxygen atoms in total. The number of sulfone groups is 1. The molecule has 1 saturated heterocycles. The molecule has 2 aromatic rings. The first-order chi connectivity index (χ1) is 13.4. The van der Waals surface area contributed by atoms with Crippen LogP contribution in [-0.4, -0.2) is 62.0 Å². The Kier molecular flexibility index (Phi) is 6.74. The lowest BCUT2D eigenvalue weighted by atomic mass is 10.2. The van der Waals surface area contributed by atoms with Crippen LogP contribution in [0.4, 0.5) is 0 Å². The Morgan fingerprint density at radius 1 is 1.36 bits per heavy atom. The van der Waals surface area contributed by atoms with Crippen LogP contribution in [0, 0.1) is 0 Å². The molecule has 0 N–H and O–H groups in total. The highest BCUT2D eigenvalue weighted by Crippen LogP contribution is 2.23. The van der Waals surface area contributed by atoms with Crippen molar-refractivity contribution in [3.63, 3.8) is 0 Å². The maximum atomic E-state index is 12.7. The fourth-order valence-electron chi connectivity index (χ4n) is 3.25. The van der Waals surface area contributed by atoms with Gasteiger partial charge in [0, 0.05) is 43.1 Å². The molecule has 1 amide bonds. The molecule has 9 heteroatoms. The van der Waals surface area contributed by atoms with Gasteiger partial charge in [0.15, 0.2) is 21.5 Å². The van der Waals surface area contributed by atoms with E-state index in [1.807, 2.05) is 12.1 Å². The number of rotatable bonds is 8. The Bertz CT molecular complexity index is 911. The summed E-state index contributed by atoms with van der Waals surface area (Å²) in [5.74, 6) is 1.09. The summed E-state index contributed by atoms with van der Waals surface area (Å²) in [6.45, 7) is 0.735. The summed E-state index contributed by atoms with van der Waals surface area (Å²) in [5, 5.41) is 0.638. The van der Waals surface area contributed by atoms with Crippen molar-refractivity contribution in [3.05, 3.63) is 41.4 Å². The van der Waals surface area contributed by atoms with E-state index in [1.54, 1.807) is 30.3 Å². The predicted molar refractivity (Wildman–Crippen MR) is 106 cm³/mol. The highest BCUT2D eigenvalue weighted by Gasteiger charge is 2.34. The predicted octanol–water partition coefficient (Wildman–Crippen LogP) is 2.59. The largest absolute Gasteiger partial charge is 0.441 e. The van der Waals surface area contributed by atoms with Crippen LogP contribution in [0.25, 0.3) is 11.3 Å². The number of oxazole rings is 1. The molecule has 1 unspecified atom stereocenters. The van der Waals surface area contributed by atoms with E-state index < -0.39 is 9.84 Å². The molecule has 2 heterocycles. The topological polar surface area (TPSA) is 89.7 Å². The van der Waals surface area contributed by atoms with Gasteiger partial charge < -0.3 is 14.1 Å². The molecule has 1 aliphatic rings. The maximum absolute atomic E-state index is 12.7. The molecular formula is C19H23ClN2O5S. The summed E-state index contributed by atoms with van der Waals surface area (Å²) in [6.07, 6.45) is 2.63. The lowest BCUT2D eigenvalue weighted by molar-refractivity contribution is -0.133. The first kappa shape index (κ1) is 20.8. The third-order valence-electron chi connectivity index (χ3n) is 4.74. The van der Waals surface area contributed by atoms with Gasteiger partial charge in [0.2, 0.25) is 5.91 Å². The molecule has 0 spiro atoms. The zero-order chi connectivity index (χ0) is 20.1. The smallest absolute Gasteiger partial charge is 0.223 e. The molecule has 152 valence electrons. The van der Waals surface area contributed by atoms with Gasteiger partial charge in [-0.3, -0.25) is 4.79 Å². The van der Waals surface area contributed by atoms with E-state index >= 15 is 0 Å². The highest BCUT2D eigenvalue weighted by atomic mass is 35.5. The second kappa shape index (κ2) is 9.07. The molecule has 0 saturated carbocycles. The van der Waals surface area contributed by atoms with Gasteiger partial charge in [0.1, 0.15) is 0 Å². The van der Waals surface area contributed by atoms with Crippen LogP contribution in [-0.2, 0) is 25.8 Å². The minimum atomic E-state index is -3.07. The van der Waals surface area contributed by atoms with E-state index in [0.29, 0.717) is 42.7 Å². The molecule has 1 aliphatic heterocycles. The number of carbonyl (C=O) groups is 1. The summed E-state index contributed by atoms with van der Waals surface area (Å²) in [6, 6.07) is 6.93. The summed E-state index contributed by atoms with van der Waals surface area (Å²) in [5.41, 5.74) is 0.854. The summed E-state index contributed by atoms with van der Waals surface area (Å²) >= 11 is 5.89. The van der Waals surface area contributed by atoms with Gasteiger partial charge in [-0.1, -0.05) is 11.6 Å². The van der Waals surface area contributed by atoms with E-state index in [0.717, 1.165) is 5.56 Å². The minimum absolute atomic E-state index is 0.0160. The second-order valence-electron chi connectivity index (χ2n) is 6.76. The van der Waals surface area contributed by atoms with Crippen LogP contribution in [0.2, 0.25) is 5.02 Å². The zero-order valence-electron chi connectivity index (χ0n) is 15.6.